The summed E-state index contributed by atoms with van der Waals surface area (Å²) in [7, 11) is 2.94. The molecule has 1 atom stereocenters. The zero-order valence-electron chi connectivity index (χ0n) is 13.9. The zero-order chi connectivity index (χ0) is 18.7. The summed E-state index contributed by atoms with van der Waals surface area (Å²) < 4.78 is 28.0. The van der Waals surface area contributed by atoms with Gasteiger partial charge in [-0.05, 0) is 30.7 Å². The van der Waals surface area contributed by atoms with Gasteiger partial charge in [0.05, 0.1) is 0 Å². The summed E-state index contributed by atoms with van der Waals surface area (Å²) in [6.07, 6.45) is 1.49. The van der Waals surface area contributed by atoms with Crippen LogP contribution in [0.1, 0.15) is 39.4 Å². The van der Waals surface area contributed by atoms with E-state index in [-0.39, 0.29) is 17.0 Å². The molecule has 2 amide bonds. The molecule has 6 nitrogen and oxygen atoms in total. The number of carbonyl (C=O) groups excluding carboxylic acids is 3. The van der Waals surface area contributed by atoms with E-state index in [1.807, 2.05) is 0 Å². The molecule has 2 N–H and O–H groups in total. The number of ketones is 1. The van der Waals surface area contributed by atoms with E-state index in [0.29, 0.717) is 5.56 Å². The lowest BCUT2D eigenvalue weighted by Crippen LogP contribution is -2.39. The van der Waals surface area contributed by atoms with Crippen LogP contribution in [0, 0.1) is 11.6 Å². The first kappa shape index (κ1) is 18.3. The number of nitrogens with zero attached hydrogens (tertiary/aromatic N) is 1. The number of nitrogens with one attached hydrogen (secondary N) is 2. The summed E-state index contributed by atoms with van der Waals surface area (Å²) in [5.41, 5.74) is 0.589. The summed E-state index contributed by atoms with van der Waals surface area (Å²) in [4.78, 5) is 36.0. The quantitative estimate of drug-likeness (QED) is 0.807. The number of hydrogen-bond acceptors (Lipinski definition) is 3. The number of Topliss-reactive ketones (excluding diaryl/α,β-unsaturated/α-hetero) is 1. The molecule has 1 aromatic heterocycles. The molecule has 8 heteroatoms. The number of rotatable bonds is 5. The molecule has 0 radical (unpaired) electrons. The molecule has 132 valence electrons. The second kappa shape index (κ2) is 7.25. The second-order valence-corrected chi connectivity index (χ2v) is 5.48. The summed E-state index contributed by atoms with van der Waals surface area (Å²) in [5.74, 6) is -3.62. The van der Waals surface area contributed by atoms with Crippen LogP contribution >= 0.6 is 0 Å². The van der Waals surface area contributed by atoms with Gasteiger partial charge in [-0.3, -0.25) is 14.4 Å². The van der Waals surface area contributed by atoms with Gasteiger partial charge in [0.25, 0.3) is 5.91 Å². The third-order valence-electron chi connectivity index (χ3n) is 3.71. The van der Waals surface area contributed by atoms with Gasteiger partial charge in [0.1, 0.15) is 11.7 Å². The highest BCUT2D eigenvalue weighted by Crippen LogP contribution is 2.18. The minimum absolute atomic E-state index is 0.0904. The highest BCUT2D eigenvalue weighted by atomic mass is 19.2. The predicted molar refractivity (Wildman–Crippen MR) is 86.0 cm³/mol. The normalized spacial score (nSPS) is 11.7. The van der Waals surface area contributed by atoms with Crippen LogP contribution in [0.15, 0.2) is 30.5 Å². The molecule has 0 aliphatic carbocycles. The Morgan fingerprint density at radius 1 is 1.12 bits per heavy atom. The van der Waals surface area contributed by atoms with E-state index in [1.54, 1.807) is 7.05 Å². The summed E-state index contributed by atoms with van der Waals surface area (Å²) in [6, 6.07) is 3.11. The number of benzene rings is 1. The van der Waals surface area contributed by atoms with Gasteiger partial charge >= 0.3 is 0 Å². The smallest absolute Gasteiger partial charge is 0.268 e. The van der Waals surface area contributed by atoms with Gasteiger partial charge in [-0.1, -0.05) is 6.07 Å². The monoisotopic (exact) mass is 349 g/mol. The molecular formula is C17H17F2N3O3. The largest absolute Gasteiger partial charge is 0.357 e. The molecule has 0 saturated heterocycles. The molecule has 1 heterocycles. The summed E-state index contributed by atoms with van der Waals surface area (Å²) in [5, 5.41) is 4.83. The standard InChI is InChI=1S/C17H17F2N3O3/c1-9(23)11-7-14(22(3)8-11)16(24)21-15(17(25)20-2)10-4-5-12(18)13(19)6-10/h4-8,15H,1-3H3,(H,20,25)(H,21,24). The average molecular weight is 349 g/mol. The lowest BCUT2D eigenvalue weighted by molar-refractivity contribution is -0.122. The van der Waals surface area contributed by atoms with Gasteiger partial charge in [0.2, 0.25) is 5.91 Å². The van der Waals surface area contributed by atoms with Crippen LogP contribution in [0.25, 0.3) is 0 Å². The molecule has 25 heavy (non-hydrogen) atoms. The molecule has 0 bridgehead atoms. The van der Waals surface area contributed by atoms with E-state index in [1.165, 1.54) is 36.9 Å². The highest BCUT2D eigenvalue weighted by Gasteiger charge is 2.25. The molecule has 1 aromatic carbocycles. The van der Waals surface area contributed by atoms with E-state index < -0.39 is 29.5 Å². The van der Waals surface area contributed by atoms with Gasteiger partial charge < -0.3 is 15.2 Å². The van der Waals surface area contributed by atoms with Crippen LogP contribution < -0.4 is 10.6 Å². The fourth-order valence-corrected chi connectivity index (χ4v) is 2.32. The van der Waals surface area contributed by atoms with Gasteiger partial charge in [0.15, 0.2) is 17.4 Å². The fourth-order valence-electron chi connectivity index (χ4n) is 2.32. The maximum absolute atomic E-state index is 13.5. The van der Waals surface area contributed by atoms with Crippen molar-refractivity contribution in [3.05, 3.63) is 58.9 Å². The van der Waals surface area contributed by atoms with E-state index in [4.69, 9.17) is 0 Å². The van der Waals surface area contributed by atoms with Crippen LogP contribution in [0.5, 0.6) is 0 Å². The van der Waals surface area contributed by atoms with Gasteiger partial charge in [-0.15, -0.1) is 0 Å². The van der Waals surface area contributed by atoms with E-state index >= 15 is 0 Å². The van der Waals surface area contributed by atoms with Crippen LogP contribution in [-0.4, -0.2) is 29.2 Å². The van der Waals surface area contributed by atoms with E-state index in [0.717, 1.165) is 12.1 Å². The summed E-state index contributed by atoms with van der Waals surface area (Å²) in [6.45, 7) is 1.37. The molecule has 0 fully saturated rings. The Morgan fingerprint density at radius 3 is 2.32 bits per heavy atom. The Hall–Kier alpha value is -3.03. The maximum Gasteiger partial charge on any atom is 0.268 e. The number of halogens is 2. The Bertz CT molecular complexity index is 846. The first-order valence-electron chi connectivity index (χ1n) is 7.39. The van der Waals surface area contributed by atoms with Crippen molar-refractivity contribution in [2.24, 2.45) is 7.05 Å². The predicted octanol–water partition coefficient (Wildman–Crippen LogP) is 1.72. The number of aryl methyl sites for hydroxylation is 1. The molecular weight excluding hydrogens is 332 g/mol. The minimum atomic E-state index is -1.22. The van der Waals surface area contributed by atoms with Crippen molar-refractivity contribution in [2.75, 3.05) is 7.05 Å². The number of likely N-dealkylation sites (N-methyl/N-ethyl adjacent to an activating group) is 1. The number of aromatic nitrogens is 1. The number of carbonyl (C=O) groups is 3. The number of hydrogen-bond donors (Lipinski definition) is 2. The molecule has 0 aliphatic heterocycles. The van der Waals surface area contributed by atoms with Crippen molar-refractivity contribution < 1.29 is 23.2 Å². The van der Waals surface area contributed by atoms with Crippen LogP contribution in [-0.2, 0) is 11.8 Å². The van der Waals surface area contributed by atoms with Gasteiger partial charge in [0, 0.05) is 25.9 Å². The van der Waals surface area contributed by atoms with Crippen molar-refractivity contribution in [3.63, 3.8) is 0 Å². The molecule has 1 unspecified atom stereocenters. The third-order valence-corrected chi connectivity index (χ3v) is 3.71. The molecule has 2 rings (SSSR count). The van der Waals surface area contributed by atoms with Crippen molar-refractivity contribution in [2.45, 2.75) is 13.0 Å². The SMILES string of the molecule is CNC(=O)C(NC(=O)c1cc(C(C)=O)cn1C)c1ccc(F)c(F)c1. The van der Waals surface area contributed by atoms with Crippen molar-refractivity contribution in [1.82, 2.24) is 15.2 Å². The Morgan fingerprint density at radius 2 is 1.80 bits per heavy atom. The third kappa shape index (κ3) is 3.90. The first-order chi connectivity index (χ1) is 11.7. The first-order valence-corrected chi connectivity index (χ1v) is 7.39. The summed E-state index contributed by atoms with van der Waals surface area (Å²) >= 11 is 0. The van der Waals surface area contributed by atoms with Crippen LogP contribution in [0.4, 0.5) is 8.78 Å². The van der Waals surface area contributed by atoms with Crippen LogP contribution in [0.3, 0.4) is 0 Å². The zero-order valence-corrected chi connectivity index (χ0v) is 13.9. The van der Waals surface area contributed by atoms with Crippen LogP contribution in [0.2, 0.25) is 0 Å². The molecule has 0 spiro atoms. The Labute approximate surface area is 142 Å². The van der Waals surface area contributed by atoms with Gasteiger partial charge in [-0.25, -0.2) is 8.78 Å². The number of amides is 2. The average Bonchev–Trinajstić information content (AvgIpc) is 2.96. The fraction of sp³-hybridized carbons (Fsp3) is 0.235. The maximum atomic E-state index is 13.5. The van der Waals surface area contributed by atoms with Gasteiger partial charge in [-0.2, -0.15) is 0 Å². The Kier molecular flexibility index (Phi) is 5.31. The van der Waals surface area contributed by atoms with E-state index in [9.17, 15) is 23.2 Å². The van der Waals surface area contributed by atoms with Crippen molar-refractivity contribution in [3.8, 4) is 0 Å². The highest BCUT2D eigenvalue weighted by molar-refractivity contribution is 6.00. The lowest BCUT2D eigenvalue weighted by atomic mass is 10.1. The molecule has 2 aromatic rings. The second-order valence-electron chi connectivity index (χ2n) is 5.48. The van der Waals surface area contributed by atoms with Crippen molar-refractivity contribution in [1.29, 1.82) is 0 Å². The lowest BCUT2D eigenvalue weighted by Gasteiger charge is -2.18. The topological polar surface area (TPSA) is 80.2 Å². The minimum Gasteiger partial charge on any atom is -0.357 e. The molecule has 0 aliphatic rings. The van der Waals surface area contributed by atoms with Crippen molar-refractivity contribution >= 4 is 17.6 Å². The molecule has 0 saturated carbocycles. The van der Waals surface area contributed by atoms with E-state index in [2.05, 4.69) is 10.6 Å². The Balaban J connectivity index is 2.34.